The number of allylic oxidation sites excluding steroid dienone is 2. The Morgan fingerprint density at radius 2 is 1.46 bits per heavy atom. The van der Waals surface area contributed by atoms with Gasteiger partial charge in [0.25, 0.3) is 5.91 Å². The Balaban J connectivity index is 1.86. The number of benzene rings is 2. The first-order chi connectivity index (χ1) is 13.6. The zero-order valence-electron chi connectivity index (χ0n) is 16.2. The number of methoxy groups -OCH3 is 2. The normalized spacial score (nSPS) is 20.1. The first-order valence-electron chi connectivity index (χ1n) is 9.23. The molecule has 144 valence electrons. The predicted molar refractivity (Wildman–Crippen MR) is 106 cm³/mol. The van der Waals surface area contributed by atoms with Crippen molar-refractivity contribution in [3.63, 3.8) is 0 Å². The molecule has 1 fully saturated rings. The molecule has 1 atom stereocenters. The molecule has 1 unspecified atom stereocenters. The Bertz CT molecular complexity index is 894. The summed E-state index contributed by atoms with van der Waals surface area (Å²) in [6.45, 7) is 2.05. The van der Waals surface area contributed by atoms with Gasteiger partial charge in [-0.05, 0) is 43.7 Å². The molecule has 0 radical (unpaired) electrons. The maximum atomic E-state index is 13.4. The fourth-order valence-corrected chi connectivity index (χ4v) is 3.74. The van der Waals surface area contributed by atoms with Crippen molar-refractivity contribution in [2.75, 3.05) is 14.2 Å². The van der Waals surface area contributed by atoms with E-state index in [1.54, 1.807) is 14.2 Å². The summed E-state index contributed by atoms with van der Waals surface area (Å²) in [7, 11) is 3.23. The molecule has 2 aromatic rings. The standard InChI is InChI=1S/C23H23NO4/c1-15-4-13-21-20(14-15)24-22(25)23(28-21,16-5-9-18(26-2)10-6-16)17-7-11-19(27-3)12-8-17/h4-13,20H,14H2,1-3H3,(H,24,25). The van der Waals surface area contributed by atoms with Crippen LogP contribution in [0.2, 0.25) is 0 Å². The Morgan fingerprint density at radius 1 is 0.929 bits per heavy atom. The van der Waals surface area contributed by atoms with E-state index < -0.39 is 5.60 Å². The number of fused-ring (bicyclic) bond motifs is 1. The van der Waals surface area contributed by atoms with Gasteiger partial charge >= 0.3 is 0 Å². The van der Waals surface area contributed by atoms with Crippen LogP contribution in [0.3, 0.4) is 0 Å². The fraction of sp³-hybridized carbons (Fsp3) is 0.261. The van der Waals surface area contributed by atoms with E-state index in [0.29, 0.717) is 0 Å². The monoisotopic (exact) mass is 377 g/mol. The summed E-state index contributed by atoms with van der Waals surface area (Å²) in [5, 5.41) is 3.16. The van der Waals surface area contributed by atoms with Crippen LogP contribution in [0.5, 0.6) is 11.5 Å². The number of morpholine rings is 1. The van der Waals surface area contributed by atoms with Gasteiger partial charge in [-0.25, -0.2) is 0 Å². The molecule has 1 saturated heterocycles. The highest BCUT2D eigenvalue weighted by atomic mass is 16.5. The maximum Gasteiger partial charge on any atom is 0.274 e. The van der Waals surface area contributed by atoms with E-state index in [9.17, 15) is 4.79 Å². The van der Waals surface area contributed by atoms with Gasteiger partial charge in [0.1, 0.15) is 17.3 Å². The zero-order chi connectivity index (χ0) is 19.7. The van der Waals surface area contributed by atoms with E-state index in [2.05, 4.69) is 5.32 Å². The quantitative estimate of drug-likeness (QED) is 0.883. The Morgan fingerprint density at radius 3 is 1.96 bits per heavy atom. The minimum atomic E-state index is -1.28. The lowest BCUT2D eigenvalue weighted by atomic mass is 9.82. The highest BCUT2D eigenvalue weighted by molar-refractivity contribution is 5.92. The summed E-state index contributed by atoms with van der Waals surface area (Å²) in [5.41, 5.74) is 1.40. The molecular weight excluding hydrogens is 354 g/mol. The van der Waals surface area contributed by atoms with Crippen LogP contribution in [-0.4, -0.2) is 26.2 Å². The van der Waals surface area contributed by atoms with Gasteiger partial charge in [0.05, 0.1) is 20.3 Å². The summed E-state index contributed by atoms with van der Waals surface area (Å²) >= 11 is 0. The number of carbonyl (C=O) groups is 1. The van der Waals surface area contributed by atoms with Crippen LogP contribution in [0.4, 0.5) is 0 Å². The third-order valence-electron chi connectivity index (χ3n) is 5.29. The van der Waals surface area contributed by atoms with E-state index in [4.69, 9.17) is 14.2 Å². The zero-order valence-corrected chi connectivity index (χ0v) is 16.2. The number of hydrogen-bond donors (Lipinski definition) is 1. The molecule has 0 aromatic heterocycles. The molecule has 5 nitrogen and oxygen atoms in total. The molecule has 2 aromatic carbocycles. The fourth-order valence-electron chi connectivity index (χ4n) is 3.74. The van der Waals surface area contributed by atoms with Gasteiger partial charge < -0.3 is 19.5 Å². The summed E-state index contributed by atoms with van der Waals surface area (Å²) in [6, 6.07) is 14.7. The van der Waals surface area contributed by atoms with Crippen LogP contribution in [0, 0.1) is 0 Å². The van der Waals surface area contributed by atoms with Gasteiger partial charge in [0, 0.05) is 11.1 Å². The van der Waals surface area contributed by atoms with Crippen LogP contribution in [0.25, 0.3) is 0 Å². The molecule has 4 rings (SSSR count). The lowest BCUT2D eigenvalue weighted by Gasteiger charge is -2.43. The molecule has 1 amide bonds. The van der Waals surface area contributed by atoms with Crippen molar-refractivity contribution < 1.29 is 19.0 Å². The molecule has 1 aliphatic heterocycles. The van der Waals surface area contributed by atoms with Crippen LogP contribution < -0.4 is 14.8 Å². The van der Waals surface area contributed by atoms with Crippen molar-refractivity contribution in [3.8, 4) is 11.5 Å². The second-order valence-corrected chi connectivity index (χ2v) is 7.05. The first kappa shape index (κ1) is 18.2. The SMILES string of the molecule is COc1ccc(C2(c3ccc(OC)cc3)OC3=CC=C(C)CC3NC2=O)cc1. The van der Waals surface area contributed by atoms with Crippen molar-refractivity contribution >= 4 is 5.91 Å². The molecule has 1 aliphatic carbocycles. The van der Waals surface area contributed by atoms with Crippen LogP contribution in [-0.2, 0) is 15.1 Å². The lowest BCUT2D eigenvalue weighted by Crippen LogP contribution is -2.57. The summed E-state index contributed by atoms with van der Waals surface area (Å²) in [4.78, 5) is 13.4. The minimum absolute atomic E-state index is 0.137. The minimum Gasteiger partial charge on any atom is -0.497 e. The van der Waals surface area contributed by atoms with E-state index >= 15 is 0 Å². The largest absolute Gasteiger partial charge is 0.497 e. The Kier molecular flexibility index (Phi) is 4.59. The second kappa shape index (κ2) is 7.08. The van der Waals surface area contributed by atoms with Crippen molar-refractivity contribution in [3.05, 3.63) is 83.1 Å². The van der Waals surface area contributed by atoms with Gasteiger partial charge in [-0.2, -0.15) is 0 Å². The molecule has 0 spiro atoms. The molecule has 1 heterocycles. The third kappa shape index (κ3) is 2.93. The number of rotatable bonds is 4. The highest BCUT2D eigenvalue weighted by Crippen LogP contribution is 2.42. The van der Waals surface area contributed by atoms with Crippen LogP contribution in [0.1, 0.15) is 24.5 Å². The van der Waals surface area contributed by atoms with Crippen molar-refractivity contribution in [2.24, 2.45) is 0 Å². The van der Waals surface area contributed by atoms with E-state index in [1.807, 2.05) is 67.6 Å². The Hall–Kier alpha value is -3.21. The third-order valence-corrected chi connectivity index (χ3v) is 5.29. The van der Waals surface area contributed by atoms with Gasteiger partial charge in [0.15, 0.2) is 0 Å². The van der Waals surface area contributed by atoms with Gasteiger partial charge in [-0.1, -0.05) is 35.9 Å². The van der Waals surface area contributed by atoms with E-state index in [-0.39, 0.29) is 11.9 Å². The van der Waals surface area contributed by atoms with Gasteiger partial charge in [-0.15, -0.1) is 0 Å². The lowest BCUT2D eigenvalue weighted by molar-refractivity contribution is -0.145. The second-order valence-electron chi connectivity index (χ2n) is 7.05. The topological polar surface area (TPSA) is 56.8 Å². The number of amides is 1. The smallest absolute Gasteiger partial charge is 0.274 e. The van der Waals surface area contributed by atoms with Crippen LogP contribution in [0.15, 0.2) is 72.0 Å². The van der Waals surface area contributed by atoms with Gasteiger partial charge in [0.2, 0.25) is 5.60 Å². The summed E-state index contributed by atoms with van der Waals surface area (Å²) in [5.74, 6) is 2.02. The average Bonchev–Trinajstić information content (AvgIpc) is 2.73. The highest BCUT2D eigenvalue weighted by Gasteiger charge is 2.50. The summed E-state index contributed by atoms with van der Waals surface area (Å²) in [6.07, 6.45) is 4.74. The molecule has 0 bridgehead atoms. The maximum absolute atomic E-state index is 13.4. The molecule has 1 N–H and O–H groups in total. The summed E-state index contributed by atoms with van der Waals surface area (Å²) < 4.78 is 17.0. The molecular formula is C23H23NO4. The molecule has 28 heavy (non-hydrogen) atoms. The number of ether oxygens (including phenoxy) is 3. The van der Waals surface area contributed by atoms with E-state index in [0.717, 1.165) is 34.8 Å². The molecule has 0 saturated carbocycles. The van der Waals surface area contributed by atoms with Crippen molar-refractivity contribution in [2.45, 2.75) is 25.0 Å². The average molecular weight is 377 g/mol. The van der Waals surface area contributed by atoms with Crippen molar-refractivity contribution in [1.82, 2.24) is 5.32 Å². The van der Waals surface area contributed by atoms with Crippen LogP contribution >= 0.6 is 0 Å². The van der Waals surface area contributed by atoms with E-state index in [1.165, 1.54) is 5.57 Å². The number of hydrogen-bond acceptors (Lipinski definition) is 4. The first-order valence-corrected chi connectivity index (χ1v) is 9.23. The van der Waals surface area contributed by atoms with Crippen molar-refractivity contribution in [1.29, 1.82) is 0 Å². The predicted octanol–water partition coefficient (Wildman–Crippen LogP) is 3.70. The molecule has 5 heteroatoms. The number of nitrogens with one attached hydrogen (secondary N) is 1. The molecule has 2 aliphatic rings. The number of carbonyl (C=O) groups excluding carboxylic acids is 1. The van der Waals surface area contributed by atoms with Gasteiger partial charge in [-0.3, -0.25) is 4.79 Å². The Labute approximate surface area is 164 Å².